The maximum Gasteiger partial charge on any atom is 0.282 e. The lowest BCUT2D eigenvalue weighted by Gasteiger charge is -2.22. The summed E-state index contributed by atoms with van der Waals surface area (Å²) in [4.78, 5) is 22.2. The Hall–Kier alpha value is -4.13. The average molecular weight is 426 g/mol. The molecule has 32 heavy (non-hydrogen) atoms. The number of allylic oxidation sites excluding steroid dienone is 1. The zero-order valence-corrected chi connectivity index (χ0v) is 17.8. The molecule has 1 aromatic heterocycles. The summed E-state index contributed by atoms with van der Waals surface area (Å²) in [6.07, 6.45) is 5.33. The van der Waals surface area contributed by atoms with E-state index in [1.165, 1.54) is 10.6 Å². The van der Waals surface area contributed by atoms with Gasteiger partial charge in [-0.1, -0.05) is 35.9 Å². The van der Waals surface area contributed by atoms with Crippen LogP contribution in [0.15, 0.2) is 77.1 Å². The minimum atomic E-state index is -0.449. The van der Waals surface area contributed by atoms with Gasteiger partial charge in [-0.05, 0) is 38.1 Å². The van der Waals surface area contributed by atoms with Gasteiger partial charge in [-0.15, -0.1) is 5.06 Å². The Morgan fingerprint density at radius 2 is 1.91 bits per heavy atom. The molecule has 2 aliphatic rings. The summed E-state index contributed by atoms with van der Waals surface area (Å²) in [5.41, 5.74) is 3.25. The van der Waals surface area contributed by atoms with E-state index in [1.807, 2.05) is 61.7 Å². The van der Waals surface area contributed by atoms with Crippen LogP contribution in [0, 0.1) is 12.3 Å². The predicted octanol–water partition coefficient (Wildman–Crippen LogP) is 4.48. The maximum atomic E-state index is 12.6. The normalized spacial score (nSPS) is 16.8. The molecule has 1 amide bonds. The Morgan fingerprint density at radius 1 is 1.12 bits per heavy atom. The number of ether oxygens (including phenoxy) is 1. The maximum absolute atomic E-state index is 12.6. The van der Waals surface area contributed by atoms with Crippen LogP contribution in [0.3, 0.4) is 0 Å². The molecule has 3 aromatic rings. The first-order valence-corrected chi connectivity index (χ1v) is 10.4. The molecule has 0 saturated heterocycles. The second-order valence-electron chi connectivity index (χ2n) is 7.78. The summed E-state index contributed by atoms with van der Waals surface area (Å²) in [5.74, 6) is 1.29. The van der Waals surface area contributed by atoms with Crippen molar-refractivity contribution in [3.63, 3.8) is 0 Å². The third-order valence-electron chi connectivity index (χ3n) is 5.42. The van der Waals surface area contributed by atoms with Crippen molar-refractivity contribution in [2.24, 2.45) is 4.99 Å². The molecule has 0 unspecified atom stereocenters. The molecule has 2 aromatic carbocycles. The first-order chi connectivity index (χ1) is 15.5. The van der Waals surface area contributed by atoms with Gasteiger partial charge in [0.1, 0.15) is 18.1 Å². The number of carbonyl (C=O) groups is 1. The van der Waals surface area contributed by atoms with E-state index in [-0.39, 0.29) is 11.4 Å². The zero-order chi connectivity index (χ0) is 22.2. The molecule has 0 saturated carbocycles. The summed E-state index contributed by atoms with van der Waals surface area (Å²) >= 11 is 0. The second-order valence-corrected chi connectivity index (χ2v) is 7.78. The van der Waals surface area contributed by atoms with Crippen molar-refractivity contribution >= 4 is 34.6 Å². The van der Waals surface area contributed by atoms with Gasteiger partial charge in [0.05, 0.1) is 12.1 Å². The highest BCUT2D eigenvalue weighted by Crippen LogP contribution is 2.27. The quantitative estimate of drug-likeness (QED) is 0.610. The number of rotatable bonds is 5. The number of aryl methyl sites for hydroxylation is 1. The number of aromatic nitrogens is 1. The van der Waals surface area contributed by atoms with E-state index in [0.29, 0.717) is 24.7 Å². The van der Waals surface area contributed by atoms with Crippen LogP contribution in [0.25, 0.3) is 17.0 Å². The van der Waals surface area contributed by atoms with E-state index < -0.39 is 5.91 Å². The number of benzene rings is 2. The first kappa shape index (κ1) is 19.8. The highest BCUT2D eigenvalue weighted by atomic mass is 16.7. The van der Waals surface area contributed by atoms with E-state index in [2.05, 4.69) is 9.56 Å². The third-order valence-corrected chi connectivity index (χ3v) is 5.42. The van der Waals surface area contributed by atoms with E-state index in [0.717, 1.165) is 22.2 Å². The van der Waals surface area contributed by atoms with Crippen LogP contribution in [-0.2, 0) is 16.2 Å². The summed E-state index contributed by atoms with van der Waals surface area (Å²) in [6.45, 7) is 4.95. The van der Waals surface area contributed by atoms with Gasteiger partial charge in [-0.3, -0.25) is 10.2 Å². The molecular weight excluding hydrogens is 404 g/mol. The minimum absolute atomic E-state index is 0.0207. The summed E-state index contributed by atoms with van der Waals surface area (Å²) in [6, 6.07) is 15.9. The number of hydrogen-bond donors (Lipinski definition) is 1. The molecule has 0 fully saturated rings. The van der Waals surface area contributed by atoms with Crippen LogP contribution in [0.2, 0.25) is 0 Å². The van der Waals surface area contributed by atoms with Gasteiger partial charge >= 0.3 is 0 Å². The highest BCUT2D eigenvalue weighted by molar-refractivity contribution is 6.32. The fraction of sp³-hybridized carbons (Fsp3) is 0.160. The third kappa shape index (κ3) is 3.58. The Kier molecular flexibility index (Phi) is 4.86. The number of nitrogens with zero attached hydrogens (tertiary/aromatic N) is 3. The Labute approximate surface area is 185 Å². The van der Waals surface area contributed by atoms with Crippen molar-refractivity contribution in [1.82, 2.24) is 9.63 Å². The lowest BCUT2D eigenvalue weighted by atomic mass is 10.1. The molecule has 0 atom stereocenters. The van der Waals surface area contributed by atoms with Crippen LogP contribution in [-0.4, -0.2) is 33.8 Å². The number of nitrogens with one attached hydrogen (secondary N) is 1. The van der Waals surface area contributed by atoms with Gasteiger partial charge in [0.2, 0.25) is 0 Å². The van der Waals surface area contributed by atoms with E-state index in [1.54, 1.807) is 19.1 Å². The van der Waals surface area contributed by atoms with Crippen molar-refractivity contribution in [3.05, 3.63) is 83.3 Å². The van der Waals surface area contributed by atoms with Crippen molar-refractivity contribution in [3.8, 4) is 5.75 Å². The van der Waals surface area contributed by atoms with Crippen LogP contribution >= 0.6 is 0 Å². The summed E-state index contributed by atoms with van der Waals surface area (Å²) in [7, 11) is 0. The Balaban J connectivity index is 1.42. The predicted molar refractivity (Wildman–Crippen MR) is 123 cm³/mol. The van der Waals surface area contributed by atoms with E-state index in [4.69, 9.17) is 15.0 Å². The van der Waals surface area contributed by atoms with Crippen molar-refractivity contribution in [2.75, 3.05) is 6.61 Å². The Bertz CT molecular complexity index is 1330. The molecule has 3 heterocycles. The topological polar surface area (TPSA) is 79.9 Å². The molecule has 0 aliphatic carbocycles. The number of carbonyl (C=O) groups excluding carboxylic acids is 1. The molecule has 7 heteroatoms. The van der Waals surface area contributed by atoms with Gasteiger partial charge in [0, 0.05) is 28.7 Å². The monoisotopic (exact) mass is 426 g/mol. The average Bonchev–Trinajstić information content (AvgIpc) is 3.33. The molecule has 0 spiro atoms. The van der Waals surface area contributed by atoms with Gasteiger partial charge in [0.15, 0.2) is 11.7 Å². The molecule has 2 aliphatic heterocycles. The highest BCUT2D eigenvalue weighted by Gasteiger charge is 2.34. The van der Waals surface area contributed by atoms with Gasteiger partial charge < -0.3 is 14.1 Å². The molecule has 1 N–H and O–H groups in total. The number of aliphatic imine (C=N–C) groups is 1. The fourth-order valence-electron chi connectivity index (χ4n) is 3.83. The largest absolute Gasteiger partial charge is 0.492 e. The summed E-state index contributed by atoms with van der Waals surface area (Å²) < 4.78 is 7.99. The zero-order valence-electron chi connectivity index (χ0n) is 17.8. The lowest BCUT2D eigenvalue weighted by Crippen LogP contribution is -2.38. The fourth-order valence-corrected chi connectivity index (χ4v) is 3.83. The standard InChI is InChI=1S/C25H22N4O3/c1-16-7-9-19(10-8-16)31-12-11-28-15-18(20-5-3-4-6-22(20)28)14-21-24(26)29-23(27-25(21)30)13-17(2)32-29/h3-10,13-15,26H,11-12H2,1-2H3/b21-14-,26-24?. The molecular formula is C25H22N4O3. The molecule has 0 bridgehead atoms. The number of para-hydroxylation sites is 1. The van der Waals surface area contributed by atoms with E-state index in [9.17, 15) is 4.79 Å². The van der Waals surface area contributed by atoms with Crippen LogP contribution in [0.1, 0.15) is 18.1 Å². The number of hydrogen-bond acceptors (Lipinski definition) is 4. The van der Waals surface area contributed by atoms with Crippen molar-refractivity contribution < 1.29 is 14.4 Å². The summed E-state index contributed by atoms with van der Waals surface area (Å²) in [5, 5.41) is 10.7. The number of hydroxylamine groups is 2. The van der Waals surface area contributed by atoms with Crippen LogP contribution in [0.5, 0.6) is 5.75 Å². The van der Waals surface area contributed by atoms with Gasteiger partial charge in [-0.2, -0.15) is 4.99 Å². The molecule has 5 rings (SSSR count). The SMILES string of the molecule is CC1=CC2=NC(=O)/C(=C\c3cn(CCOc4ccc(C)cc4)c4ccccc34)C(=N)N2O1. The second kappa shape index (κ2) is 7.85. The van der Waals surface area contributed by atoms with Crippen LogP contribution in [0.4, 0.5) is 0 Å². The number of amidine groups is 2. The number of amides is 1. The number of fused-ring (bicyclic) bond motifs is 2. The minimum Gasteiger partial charge on any atom is -0.492 e. The lowest BCUT2D eigenvalue weighted by molar-refractivity contribution is -0.114. The van der Waals surface area contributed by atoms with E-state index >= 15 is 0 Å². The first-order valence-electron chi connectivity index (χ1n) is 10.4. The van der Waals surface area contributed by atoms with Crippen molar-refractivity contribution in [1.29, 1.82) is 5.41 Å². The van der Waals surface area contributed by atoms with Crippen molar-refractivity contribution in [2.45, 2.75) is 20.4 Å². The van der Waals surface area contributed by atoms with Crippen LogP contribution < -0.4 is 4.74 Å². The molecule has 160 valence electrons. The van der Waals surface area contributed by atoms with Gasteiger partial charge in [0.25, 0.3) is 5.91 Å². The van der Waals surface area contributed by atoms with Gasteiger partial charge in [-0.25, -0.2) is 0 Å². The molecule has 0 radical (unpaired) electrons. The smallest absolute Gasteiger partial charge is 0.282 e. The Morgan fingerprint density at radius 3 is 2.72 bits per heavy atom. The molecule has 7 nitrogen and oxygen atoms in total.